The fourth-order valence-electron chi connectivity index (χ4n) is 1.07. The monoisotopic (exact) mass is 263 g/mol. The van der Waals surface area contributed by atoms with Crippen molar-refractivity contribution < 1.29 is 19.8 Å². The highest BCUT2D eigenvalue weighted by Crippen LogP contribution is 1.97. The van der Waals surface area contributed by atoms with Gasteiger partial charge in [0.25, 0.3) is 0 Å². The summed E-state index contributed by atoms with van der Waals surface area (Å²) in [6, 6.07) is -1.38. The summed E-state index contributed by atoms with van der Waals surface area (Å²) in [6.45, 7) is 2.51. The molecule has 0 rings (SSSR count). The van der Waals surface area contributed by atoms with E-state index in [9.17, 15) is 9.59 Å². The predicted molar refractivity (Wildman–Crippen MR) is 69.0 cm³/mol. The predicted octanol–water partition coefficient (Wildman–Crippen LogP) is -0.274. The Labute approximate surface area is 107 Å². The maximum absolute atomic E-state index is 10.1. The van der Waals surface area contributed by atoms with Crippen molar-refractivity contribution in [2.45, 2.75) is 51.1 Å². The van der Waals surface area contributed by atoms with E-state index in [1.54, 1.807) is 0 Å². The maximum Gasteiger partial charge on any atom is 0.320 e. The molecule has 0 radical (unpaired) electrons. The second-order valence-corrected chi connectivity index (χ2v) is 3.96. The highest BCUT2D eigenvalue weighted by atomic mass is 16.4. The number of carbonyl (C=O) groups is 2. The zero-order valence-electron chi connectivity index (χ0n) is 10.8. The molecule has 2 atom stereocenters. The molecular weight excluding hydrogens is 238 g/mol. The van der Waals surface area contributed by atoms with Gasteiger partial charge in [-0.3, -0.25) is 9.59 Å². The number of carboxylic acids is 2. The van der Waals surface area contributed by atoms with Gasteiger partial charge >= 0.3 is 11.9 Å². The molecule has 1 unspecified atom stereocenters. The first-order valence-corrected chi connectivity index (χ1v) is 6.03. The molecule has 108 valence electrons. The van der Waals surface area contributed by atoms with Gasteiger partial charge in [0, 0.05) is 0 Å². The average molecular weight is 263 g/mol. The van der Waals surface area contributed by atoms with E-state index in [0.717, 1.165) is 19.3 Å². The minimum Gasteiger partial charge on any atom is -0.480 e. The smallest absolute Gasteiger partial charge is 0.320 e. The largest absolute Gasteiger partial charge is 0.480 e. The number of hydrogen-bond donors (Lipinski definition) is 5. The Morgan fingerprint density at radius 2 is 1.44 bits per heavy atom. The van der Waals surface area contributed by atoms with Gasteiger partial charge < -0.3 is 27.4 Å². The van der Waals surface area contributed by atoms with E-state index in [2.05, 4.69) is 0 Å². The highest BCUT2D eigenvalue weighted by Gasteiger charge is 2.09. The van der Waals surface area contributed by atoms with Gasteiger partial charge in [-0.05, 0) is 25.8 Å². The molecule has 0 aliphatic heterocycles. The van der Waals surface area contributed by atoms with Crippen LogP contribution in [0.15, 0.2) is 0 Å². The molecule has 0 heterocycles. The van der Waals surface area contributed by atoms with Gasteiger partial charge in [0.05, 0.1) is 0 Å². The minimum atomic E-state index is -0.933. The zero-order valence-corrected chi connectivity index (χ0v) is 10.8. The Balaban J connectivity index is 0. The molecule has 0 aromatic rings. The van der Waals surface area contributed by atoms with E-state index in [1.165, 1.54) is 0 Å². The molecule has 0 aliphatic carbocycles. The first-order valence-electron chi connectivity index (χ1n) is 6.03. The molecule has 0 aromatic heterocycles. The summed E-state index contributed by atoms with van der Waals surface area (Å²) in [4.78, 5) is 20.1. The maximum atomic E-state index is 10.1. The Bertz CT molecular complexity index is 236. The van der Waals surface area contributed by atoms with Crippen LogP contribution in [0.2, 0.25) is 0 Å². The van der Waals surface area contributed by atoms with Gasteiger partial charge in [0.1, 0.15) is 12.1 Å². The van der Waals surface area contributed by atoms with Crippen molar-refractivity contribution in [1.82, 2.24) is 0 Å². The number of carboxylic acid groups (broad SMARTS) is 2. The first-order chi connectivity index (χ1) is 8.36. The second-order valence-electron chi connectivity index (χ2n) is 3.96. The van der Waals surface area contributed by atoms with Gasteiger partial charge in [-0.25, -0.2) is 0 Å². The summed E-state index contributed by atoms with van der Waals surface area (Å²) in [5, 5.41) is 16.5. The van der Waals surface area contributed by atoms with Crippen LogP contribution >= 0.6 is 0 Å². The lowest BCUT2D eigenvalue weighted by Gasteiger charge is -2.03. The molecule has 0 amide bonds. The van der Waals surface area contributed by atoms with Crippen LogP contribution in [-0.2, 0) is 9.59 Å². The second kappa shape index (κ2) is 12.3. The minimum absolute atomic E-state index is 0.520. The fourth-order valence-corrected chi connectivity index (χ4v) is 1.07. The van der Waals surface area contributed by atoms with E-state index in [4.69, 9.17) is 27.4 Å². The number of unbranched alkanes of at least 4 members (excludes halogenated alkanes) is 1. The van der Waals surface area contributed by atoms with Crippen LogP contribution < -0.4 is 17.2 Å². The van der Waals surface area contributed by atoms with Crippen molar-refractivity contribution in [3.8, 4) is 0 Å². The van der Waals surface area contributed by atoms with Crippen LogP contribution in [0.3, 0.4) is 0 Å². The summed E-state index contributed by atoms with van der Waals surface area (Å²) in [6.07, 6.45) is 3.56. The molecule has 0 saturated heterocycles. The van der Waals surface area contributed by atoms with E-state index >= 15 is 0 Å². The third kappa shape index (κ3) is 12.9. The van der Waals surface area contributed by atoms with Gasteiger partial charge in [-0.2, -0.15) is 0 Å². The Kier molecular flexibility index (Phi) is 13.1. The van der Waals surface area contributed by atoms with Crippen molar-refractivity contribution in [3.05, 3.63) is 0 Å². The third-order valence-electron chi connectivity index (χ3n) is 2.20. The molecular formula is C11H25N3O4. The van der Waals surface area contributed by atoms with Crippen molar-refractivity contribution in [2.75, 3.05) is 6.54 Å². The van der Waals surface area contributed by atoms with E-state index in [-0.39, 0.29) is 0 Å². The third-order valence-corrected chi connectivity index (χ3v) is 2.20. The van der Waals surface area contributed by atoms with Crippen molar-refractivity contribution in [2.24, 2.45) is 17.2 Å². The van der Waals surface area contributed by atoms with Crippen LogP contribution in [0, 0.1) is 0 Å². The summed E-state index contributed by atoms with van der Waals surface area (Å²) >= 11 is 0. The van der Waals surface area contributed by atoms with E-state index < -0.39 is 24.0 Å². The summed E-state index contributed by atoms with van der Waals surface area (Å²) in [5.74, 6) is -1.84. The van der Waals surface area contributed by atoms with Crippen molar-refractivity contribution in [3.63, 3.8) is 0 Å². The van der Waals surface area contributed by atoms with Gasteiger partial charge in [-0.1, -0.05) is 19.8 Å². The molecule has 0 spiro atoms. The van der Waals surface area contributed by atoms with Crippen LogP contribution in [0.1, 0.15) is 39.0 Å². The molecule has 0 aliphatic rings. The topological polar surface area (TPSA) is 153 Å². The normalized spacial score (nSPS) is 13.1. The molecule has 0 fully saturated rings. The highest BCUT2D eigenvalue weighted by molar-refractivity contribution is 5.73. The molecule has 0 aromatic carbocycles. The van der Waals surface area contributed by atoms with Crippen LogP contribution in [-0.4, -0.2) is 40.8 Å². The first kappa shape index (κ1) is 19.2. The molecule has 7 heteroatoms. The Morgan fingerprint density at radius 3 is 1.72 bits per heavy atom. The number of rotatable bonds is 8. The Morgan fingerprint density at radius 1 is 1.00 bits per heavy atom. The van der Waals surface area contributed by atoms with Gasteiger partial charge in [-0.15, -0.1) is 0 Å². The SMILES string of the molecule is CCCC(N)C(=O)O.NCCCC[C@H](N)C(=O)O. The molecule has 7 nitrogen and oxygen atoms in total. The lowest BCUT2D eigenvalue weighted by atomic mass is 10.1. The van der Waals surface area contributed by atoms with Crippen molar-refractivity contribution >= 4 is 11.9 Å². The van der Waals surface area contributed by atoms with Crippen LogP contribution in [0.4, 0.5) is 0 Å². The summed E-state index contributed by atoms with van der Waals surface area (Å²) in [7, 11) is 0. The van der Waals surface area contributed by atoms with Crippen molar-refractivity contribution in [1.29, 1.82) is 0 Å². The molecule has 8 N–H and O–H groups in total. The van der Waals surface area contributed by atoms with E-state index in [1.807, 2.05) is 6.92 Å². The lowest BCUT2D eigenvalue weighted by molar-refractivity contribution is -0.139. The summed E-state index contributed by atoms with van der Waals surface area (Å²) in [5.41, 5.74) is 15.5. The van der Waals surface area contributed by atoms with E-state index in [0.29, 0.717) is 19.4 Å². The van der Waals surface area contributed by atoms with Gasteiger partial charge in [0.2, 0.25) is 0 Å². The molecule has 0 saturated carbocycles. The number of hydrogen-bond acceptors (Lipinski definition) is 5. The number of aliphatic carboxylic acids is 2. The Hall–Kier alpha value is -1.18. The quantitative estimate of drug-likeness (QED) is 0.377. The zero-order chi connectivity index (χ0) is 14.6. The molecule has 0 bridgehead atoms. The molecule has 18 heavy (non-hydrogen) atoms. The average Bonchev–Trinajstić information content (AvgIpc) is 2.30. The fraction of sp³-hybridized carbons (Fsp3) is 0.818. The van der Waals surface area contributed by atoms with Gasteiger partial charge in [0.15, 0.2) is 0 Å². The van der Waals surface area contributed by atoms with Crippen LogP contribution in [0.25, 0.3) is 0 Å². The standard InChI is InChI=1S/C6H14N2O2.C5H11NO2/c7-4-2-1-3-5(8)6(9)10;1-2-3-4(6)5(7)8/h5H,1-4,7-8H2,(H,9,10);4H,2-3,6H2,1H3,(H,7,8)/t5-;/m0./s1. The lowest BCUT2D eigenvalue weighted by Crippen LogP contribution is -2.29. The summed E-state index contributed by atoms with van der Waals surface area (Å²) < 4.78 is 0. The number of nitrogens with two attached hydrogens (primary N) is 3. The van der Waals surface area contributed by atoms with Crippen LogP contribution in [0.5, 0.6) is 0 Å².